The number of hydrogen-bond acceptors (Lipinski definition) is 2. The lowest BCUT2D eigenvalue weighted by molar-refractivity contribution is 0.160. The van der Waals surface area contributed by atoms with E-state index >= 15 is 0 Å². The van der Waals surface area contributed by atoms with Crippen molar-refractivity contribution in [3.05, 3.63) is 0 Å². The fourth-order valence-corrected chi connectivity index (χ4v) is 3.21. The molecule has 2 aliphatic rings. The van der Waals surface area contributed by atoms with Crippen molar-refractivity contribution in [1.29, 1.82) is 0 Å². The lowest BCUT2D eigenvalue weighted by Crippen LogP contribution is -2.34. The Kier molecular flexibility index (Phi) is 2.61. The summed E-state index contributed by atoms with van der Waals surface area (Å²) in [6.07, 6.45) is 7.58. The average Bonchev–Trinajstić information content (AvgIpc) is 2.88. The Morgan fingerprint density at radius 2 is 1.93 bits per heavy atom. The van der Waals surface area contributed by atoms with Gasteiger partial charge in [-0.15, -0.1) is 0 Å². The van der Waals surface area contributed by atoms with Crippen molar-refractivity contribution in [2.75, 3.05) is 6.61 Å². The van der Waals surface area contributed by atoms with Crippen molar-refractivity contribution in [3.63, 3.8) is 0 Å². The van der Waals surface area contributed by atoms with Crippen LogP contribution in [0.2, 0.25) is 0 Å². The molecule has 1 aliphatic carbocycles. The summed E-state index contributed by atoms with van der Waals surface area (Å²) in [4.78, 5) is 0. The van der Waals surface area contributed by atoms with Gasteiger partial charge in [0.25, 0.3) is 0 Å². The third kappa shape index (κ3) is 1.31. The minimum absolute atomic E-state index is 0.0169. The quantitative estimate of drug-likeness (QED) is 0.707. The van der Waals surface area contributed by atoms with E-state index in [1.165, 1.54) is 32.1 Å². The highest BCUT2D eigenvalue weighted by Crippen LogP contribution is 2.57. The molecule has 2 nitrogen and oxygen atoms in total. The van der Waals surface area contributed by atoms with Crippen molar-refractivity contribution in [2.45, 2.75) is 63.6 Å². The van der Waals surface area contributed by atoms with E-state index in [4.69, 9.17) is 4.74 Å². The monoisotopic (exact) mass is 198 g/mol. The molecule has 0 unspecified atom stereocenters. The van der Waals surface area contributed by atoms with Crippen molar-refractivity contribution in [1.82, 2.24) is 0 Å². The second-order valence-corrected chi connectivity index (χ2v) is 5.05. The lowest BCUT2D eigenvalue weighted by Gasteiger charge is -2.27. The molecule has 2 rings (SSSR count). The number of aliphatic hydroxyl groups is 1. The molecule has 0 radical (unpaired) electrons. The van der Waals surface area contributed by atoms with Crippen LogP contribution in [0.25, 0.3) is 0 Å². The fourth-order valence-electron chi connectivity index (χ4n) is 3.21. The zero-order valence-corrected chi connectivity index (χ0v) is 9.38. The topological polar surface area (TPSA) is 32.8 Å². The molecular formula is C12H22O2. The van der Waals surface area contributed by atoms with E-state index in [9.17, 15) is 5.11 Å². The Balaban J connectivity index is 2.03. The Labute approximate surface area is 86.6 Å². The predicted octanol–water partition coefficient (Wildman–Crippen LogP) is 2.50. The van der Waals surface area contributed by atoms with Gasteiger partial charge in [0.1, 0.15) is 11.2 Å². The maximum absolute atomic E-state index is 9.40. The van der Waals surface area contributed by atoms with Crippen LogP contribution < -0.4 is 0 Å². The van der Waals surface area contributed by atoms with Crippen LogP contribution in [-0.2, 0) is 4.74 Å². The molecule has 0 bridgehead atoms. The molecule has 1 saturated heterocycles. The highest BCUT2D eigenvalue weighted by molar-refractivity contribution is 5.15. The molecule has 1 heterocycles. The molecule has 1 aliphatic heterocycles. The van der Waals surface area contributed by atoms with Gasteiger partial charge >= 0.3 is 0 Å². The molecule has 2 fully saturated rings. The first-order valence-corrected chi connectivity index (χ1v) is 5.99. The minimum Gasteiger partial charge on any atom is -0.393 e. The van der Waals surface area contributed by atoms with Gasteiger partial charge in [0.05, 0.1) is 6.61 Å². The van der Waals surface area contributed by atoms with Crippen LogP contribution in [0.4, 0.5) is 0 Å². The lowest BCUT2D eigenvalue weighted by atomic mass is 9.74. The summed E-state index contributed by atoms with van der Waals surface area (Å²) in [6.45, 7) is 4.50. The number of epoxide rings is 1. The first-order valence-electron chi connectivity index (χ1n) is 5.99. The van der Waals surface area contributed by atoms with Crippen LogP contribution in [0.5, 0.6) is 0 Å². The molecule has 0 aromatic carbocycles. The molecule has 0 amide bonds. The Bertz CT molecular complexity index is 204. The summed E-state index contributed by atoms with van der Waals surface area (Å²) in [5, 5.41) is 9.40. The summed E-state index contributed by atoms with van der Waals surface area (Å²) < 4.78 is 5.88. The maximum Gasteiger partial charge on any atom is 0.121 e. The van der Waals surface area contributed by atoms with Gasteiger partial charge < -0.3 is 9.84 Å². The van der Waals surface area contributed by atoms with E-state index in [2.05, 4.69) is 13.8 Å². The van der Waals surface area contributed by atoms with Crippen LogP contribution in [-0.4, -0.2) is 22.9 Å². The summed E-state index contributed by atoms with van der Waals surface area (Å²) in [5.41, 5.74) is -0.216. The Morgan fingerprint density at radius 1 is 1.29 bits per heavy atom. The summed E-state index contributed by atoms with van der Waals surface area (Å²) in [5.74, 6) is 0.684. The fraction of sp³-hybridized carbons (Fsp3) is 1.00. The largest absolute Gasteiger partial charge is 0.393 e. The highest BCUT2D eigenvalue weighted by atomic mass is 16.6. The van der Waals surface area contributed by atoms with E-state index < -0.39 is 0 Å². The second kappa shape index (κ2) is 3.49. The first kappa shape index (κ1) is 10.4. The van der Waals surface area contributed by atoms with Crippen LogP contribution >= 0.6 is 0 Å². The van der Waals surface area contributed by atoms with E-state index in [0.717, 1.165) is 6.42 Å². The number of aliphatic hydroxyl groups excluding tert-OH is 1. The van der Waals surface area contributed by atoms with Crippen LogP contribution in [0, 0.1) is 5.92 Å². The van der Waals surface area contributed by atoms with E-state index in [1.807, 2.05) is 0 Å². The van der Waals surface area contributed by atoms with Crippen molar-refractivity contribution in [3.8, 4) is 0 Å². The van der Waals surface area contributed by atoms with Gasteiger partial charge in [-0.3, -0.25) is 0 Å². The number of hydrogen-bond donors (Lipinski definition) is 1. The smallest absolute Gasteiger partial charge is 0.121 e. The predicted molar refractivity (Wildman–Crippen MR) is 56.2 cm³/mol. The van der Waals surface area contributed by atoms with Crippen LogP contribution in [0.1, 0.15) is 52.4 Å². The maximum atomic E-state index is 9.40. The molecule has 14 heavy (non-hydrogen) atoms. The average molecular weight is 198 g/mol. The van der Waals surface area contributed by atoms with Gasteiger partial charge in [-0.05, 0) is 32.1 Å². The molecule has 82 valence electrons. The van der Waals surface area contributed by atoms with Gasteiger partial charge in [-0.1, -0.05) is 26.2 Å². The first-order chi connectivity index (χ1) is 6.68. The summed E-state index contributed by atoms with van der Waals surface area (Å²) in [6, 6.07) is 0. The highest BCUT2D eigenvalue weighted by Gasteiger charge is 2.68. The van der Waals surface area contributed by atoms with E-state index in [1.54, 1.807) is 0 Å². The SMILES string of the molecule is CC[C@@]1(CO)O[C@]1(C)C1CCCCC1. The summed E-state index contributed by atoms with van der Waals surface area (Å²) in [7, 11) is 0. The molecule has 2 heteroatoms. The van der Waals surface area contributed by atoms with Gasteiger partial charge in [0.2, 0.25) is 0 Å². The third-order valence-electron chi connectivity index (χ3n) is 4.48. The van der Waals surface area contributed by atoms with Gasteiger partial charge in [0.15, 0.2) is 0 Å². The molecule has 1 N–H and O–H groups in total. The zero-order chi connectivity index (χ0) is 10.2. The number of rotatable bonds is 3. The third-order valence-corrected chi connectivity index (χ3v) is 4.48. The standard InChI is InChI=1S/C12H22O2/c1-3-12(9-13)11(2,14-12)10-7-5-4-6-8-10/h10,13H,3-9H2,1-2H3/t11-,12+/m1/s1. The molecule has 0 aromatic heterocycles. The molecule has 1 saturated carbocycles. The zero-order valence-electron chi connectivity index (χ0n) is 9.38. The van der Waals surface area contributed by atoms with Crippen LogP contribution in [0.3, 0.4) is 0 Å². The van der Waals surface area contributed by atoms with Crippen molar-refractivity contribution in [2.24, 2.45) is 5.92 Å². The Hall–Kier alpha value is -0.0800. The minimum atomic E-state index is -0.199. The van der Waals surface area contributed by atoms with Gasteiger partial charge in [-0.2, -0.15) is 0 Å². The van der Waals surface area contributed by atoms with Crippen molar-refractivity contribution < 1.29 is 9.84 Å². The Morgan fingerprint density at radius 3 is 2.36 bits per heavy atom. The van der Waals surface area contributed by atoms with E-state index in [-0.39, 0.29) is 17.8 Å². The normalized spacial score (nSPS) is 43.9. The molecule has 0 spiro atoms. The van der Waals surface area contributed by atoms with Crippen LogP contribution in [0.15, 0.2) is 0 Å². The van der Waals surface area contributed by atoms with Crippen molar-refractivity contribution >= 4 is 0 Å². The molecule has 0 aromatic rings. The second-order valence-electron chi connectivity index (χ2n) is 5.05. The molecule has 2 atom stereocenters. The number of ether oxygens (including phenoxy) is 1. The summed E-state index contributed by atoms with van der Waals surface area (Å²) >= 11 is 0. The molecular weight excluding hydrogens is 176 g/mol. The van der Waals surface area contributed by atoms with Gasteiger partial charge in [0, 0.05) is 0 Å². The van der Waals surface area contributed by atoms with Gasteiger partial charge in [-0.25, -0.2) is 0 Å². The van der Waals surface area contributed by atoms with E-state index in [0.29, 0.717) is 5.92 Å².